The number of carbonyl (C=O) groups excluding carboxylic acids is 2. The van der Waals surface area contributed by atoms with E-state index in [1.54, 1.807) is 37.3 Å². The summed E-state index contributed by atoms with van der Waals surface area (Å²) < 4.78 is 10.8. The quantitative estimate of drug-likeness (QED) is 0.280. The minimum Gasteiger partial charge on any atom is -0.507 e. The van der Waals surface area contributed by atoms with Crippen molar-refractivity contribution in [2.75, 3.05) is 11.5 Å². The molecule has 7 nitrogen and oxygen atoms in total. The van der Waals surface area contributed by atoms with Crippen molar-refractivity contribution in [3.63, 3.8) is 0 Å². The summed E-state index contributed by atoms with van der Waals surface area (Å²) in [7, 11) is 0. The Hall–Kier alpha value is -3.87. The summed E-state index contributed by atoms with van der Waals surface area (Å²) in [6.07, 6.45) is 0.876. The number of hydrogen-bond acceptors (Lipinski definition) is 6. The molecule has 4 rings (SSSR count). The van der Waals surface area contributed by atoms with Crippen LogP contribution in [0.1, 0.15) is 62.6 Å². The van der Waals surface area contributed by atoms with Crippen LogP contribution in [-0.2, 0) is 15.0 Å². The van der Waals surface area contributed by atoms with Crippen molar-refractivity contribution in [1.29, 1.82) is 0 Å². The van der Waals surface area contributed by atoms with E-state index in [1.807, 2.05) is 31.2 Å². The van der Waals surface area contributed by atoms with Crippen LogP contribution in [0.3, 0.4) is 0 Å². The van der Waals surface area contributed by atoms with E-state index in [9.17, 15) is 14.7 Å². The summed E-state index contributed by atoms with van der Waals surface area (Å²) in [4.78, 5) is 27.7. The molecule has 1 saturated heterocycles. The number of Topliss-reactive ketones (excluding diaryl/α,β-unsaturated/α-hetero) is 1. The standard InChI is InChI=1S/C28H30N2O5/c1-6-15-34-21-13-9-19(10-14-21)25(31)23-24(18-7-11-20(12-8-18)28(3,4)5)30(27(33)26(23)32)22-16-17(2)35-29-22/h7-14,16,24,31H,6,15H2,1-5H3/b25-23+/t24-/m0/s1. The molecule has 0 radical (unpaired) electrons. The molecular weight excluding hydrogens is 444 g/mol. The van der Waals surface area contributed by atoms with Gasteiger partial charge in [0.2, 0.25) is 0 Å². The number of aryl methyl sites for hydroxylation is 1. The number of nitrogens with zero attached hydrogens (tertiary/aromatic N) is 2. The van der Waals surface area contributed by atoms with Gasteiger partial charge in [0.15, 0.2) is 5.82 Å². The molecule has 0 spiro atoms. The first-order valence-electron chi connectivity index (χ1n) is 11.7. The van der Waals surface area contributed by atoms with Gasteiger partial charge in [-0.3, -0.25) is 14.5 Å². The zero-order valence-electron chi connectivity index (χ0n) is 20.7. The minimum atomic E-state index is -0.857. The van der Waals surface area contributed by atoms with Gasteiger partial charge in [0.05, 0.1) is 18.2 Å². The molecule has 2 aromatic carbocycles. The number of amides is 1. The van der Waals surface area contributed by atoms with Crippen molar-refractivity contribution >= 4 is 23.3 Å². The lowest BCUT2D eigenvalue weighted by atomic mass is 9.85. The van der Waals surface area contributed by atoms with Crippen molar-refractivity contribution in [3.05, 3.63) is 82.6 Å². The van der Waals surface area contributed by atoms with Crippen LogP contribution in [-0.4, -0.2) is 28.6 Å². The van der Waals surface area contributed by atoms with Crippen molar-refractivity contribution in [2.24, 2.45) is 0 Å². The van der Waals surface area contributed by atoms with Gasteiger partial charge in [-0.25, -0.2) is 0 Å². The molecule has 3 aromatic rings. The van der Waals surface area contributed by atoms with Crippen LogP contribution in [0.4, 0.5) is 5.82 Å². The number of ether oxygens (including phenoxy) is 1. The largest absolute Gasteiger partial charge is 0.507 e. The van der Waals surface area contributed by atoms with Gasteiger partial charge in [-0.05, 0) is 54.2 Å². The molecule has 0 aliphatic carbocycles. The molecule has 2 heterocycles. The number of carbonyl (C=O) groups is 2. The van der Waals surface area contributed by atoms with E-state index in [1.165, 1.54) is 4.90 Å². The van der Waals surface area contributed by atoms with Crippen LogP contribution in [0, 0.1) is 6.92 Å². The summed E-state index contributed by atoms with van der Waals surface area (Å²) in [6, 6.07) is 15.3. The Balaban J connectivity index is 1.83. The number of benzene rings is 2. The van der Waals surface area contributed by atoms with Crippen LogP contribution in [0.2, 0.25) is 0 Å². The minimum absolute atomic E-state index is 0.00129. The van der Waals surface area contributed by atoms with Crippen molar-refractivity contribution in [1.82, 2.24) is 5.16 Å². The van der Waals surface area contributed by atoms with Gasteiger partial charge in [-0.2, -0.15) is 0 Å². The molecule has 1 fully saturated rings. The maximum Gasteiger partial charge on any atom is 0.301 e. The second kappa shape index (κ2) is 9.41. The highest BCUT2D eigenvalue weighted by Crippen LogP contribution is 2.42. The van der Waals surface area contributed by atoms with Gasteiger partial charge in [0.1, 0.15) is 17.3 Å². The van der Waals surface area contributed by atoms with Crippen LogP contribution in [0.15, 0.2) is 64.7 Å². The lowest BCUT2D eigenvalue weighted by Gasteiger charge is -2.24. The number of anilines is 1. The molecule has 1 aliphatic rings. The van der Waals surface area contributed by atoms with E-state index in [0.29, 0.717) is 29.2 Å². The molecule has 0 bridgehead atoms. The highest BCUT2D eigenvalue weighted by atomic mass is 16.5. The molecule has 1 aliphatic heterocycles. The molecule has 182 valence electrons. The van der Waals surface area contributed by atoms with E-state index in [-0.39, 0.29) is 22.6 Å². The lowest BCUT2D eigenvalue weighted by molar-refractivity contribution is -0.132. The predicted molar refractivity (Wildman–Crippen MR) is 133 cm³/mol. The molecule has 0 saturated carbocycles. The molecule has 0 unspecified atom stereocenters. The monoisotopic (exact) mass is 474 g/mol. The Kier molecular flexibility index (Phi) is 6.52. The van der Waals surface area contributed by atoms with Crippen molar-refractivity contribution in [3.8, 4) is 5.75 Å². The Labute approximate surface area is 205 Å². The fourth-order valence-corrected chi connectivity index (χ4v) is 4.10. The summed E-state index contributed by atoms with van der Waals surface area (Å²) >= 11 is 0. The average Bonchev–Trinajstić information content (AvgIpc) is 3.37. The zero-order chi connectivity index (χ0) is 25.3. The van der Waals surface area contributed by atoms with Gasteiger partial charge in [0, 0.05) is 11.6 Å². The van der Waals surface area contributed by atoms with E-state index in [4.69, 9.17) is 9.26 Å². The van der Waals surface area contributed by atoms with Gasteiger partial charge in [0.25, 0.3) is 5.78 Å². The third kappa shape index (κ3) is 4.71. The fraction of sp³-hybridized carbons (Fsp3) is 0.321. The van der Waals surface area contributed by atoms with Crippen molar-refractivity contribution < 1.29 is 24.0 Å². The van der Waals surface area contributed by atoms with Gasteiger partial charge in [-0.1, -0.05) is 57.1 Å². The molecule has 1 atom stereocenters. The molecule has 7 heteroatoms. The van der Waals surface area contributed by atoms with E-state index in [0.717, 1.165) is 12.0 Å². The van der Waals surface area contributed by atoms with Crippen LogP contribution >= 0.6 is 0 Å². The molecule has 1 amide bonds. The Morgan fingerprint density at radius 3 is 2.29 bits per heavy atom. The average molecular weight is 475 g/mol. The fourth-order valence-electron chi connectivity index (χ4n) is 4.10. The van der Waals surface area contributed by atoms with E-state index < -0.39 is 17.7 Å². The predicted octanol–water partition coefficient (Wildman–Crippen LogP) is 5.70. The molecule has 1 aromatic heterocycles. The Morgan fingerprint density at radius 2 is 1.74 bits per heavy atom. The molecule has 35 heavy (non-hydrogen) atoms. The summed E-state index contributed by atoms with van der Waals surface area (Å²) in [5, 5.41) is 15.2. The number of aliphatic hydroxyl groups excluding tert-OH is 1. The highest BCUT2D eigenvalue weighted by molar-refractivity contribution is 6.51. The van der Waals surface area contributed by atoms with Gasteiger partial charge >= 0.3 is 5.91 Å². The van der Waals surface area contributed by atoms with Gasteiger partial charge in [-0.15, -0.1) is 0 Å². The zero-order valence-corrected chi connectivity index (χ0v) is 20.7. The summed E-state index contributed by atoms with van der Waals surface area (Å²) in [5.41, 5.74) is 2.15. The second-order valence-corrected chi connectivity index (χ2v) is 9.71. The first-order chi connectivity index (χ1) is 16.6. The Bertz CT molecular complexity index is 1260. The SMILES string of the molecule is CCCOc1ccc(/C(O)=C2\C(=O)C(=O)N(c3cc(C)on3)[C@H]2c2ccc(C(C)(C)C)cc2)cc1. The number of hydrogen-bond donors (Lipinski definition) is 1. The maximum absolute atomic E-state index is 13.2. The second-order valence-electron chi connectivity index (χ2n) is 9.71. The number of aromatic nitrogens is 1. The normalized spacial score (nSPS) is 17.7. The Morgan fingerprint density at radius 1 is 1.09 bits per heavy atom. The summed E-state index contributed by atoms with van der Waals surface area (Å²) in [6.45, 7) is 10.6. The maximum atomic E-state index is 13.2. The third-order valence-electron chi connectivity index (χ3n) is 6.00. The van der Waals surface area contributed by atoms with Crippen molar-refractivity contribution in [2.45, 2.75) is 52.5 Å². The van der Waals surface area contributed by atoms with E-state index >= 15 is 0 Å². The van der Waals surface area contributed by atoms with Gasteiger partial charge < -0.3 is 14.4 Å². The number of ketones is 1. The number of rotatable bonds is 6. The smallest absolute Gasteiger partial charge is 0.301 e. The highest BCUT2D eigenvalue weighted by Gasteiger charge is 2.48. The molecular formula is C28H30N2O5. The first kappa shape index (κ1) is 24.3. The number of aliphatic hydroxyl groups is 1. The lowest BCUT2D eigenvalue weighted by Crippen LogP contribution is -2.29. The topological polar surface area (TPSA) is 92.9 Å². The molecule has 1 N–H and O–H groups in total. The van der Waals surface area contributed by atoms with E-state index in [2.05, 4.69) is 25.9 Å². The first-order valence-corrected chi connectivity index (χ1v) is 11.7. The summed E-state index contributed by atoms with van der Waals surface area (Å²) in [5.74, 6) is -0.412. The van der Waals surface area contributed by atoms with Crippen LogP contribution < -0.4 is 9.64 Å². The third-order valence-corrected chi connectivity index (χ3v) is 6.00. The van der Waals surface area contributed by atoms with Crippen LogP contribution in [0.5, 0.6) is 5.75 Å². The van der Waals surface area contributed by atoms with Crippen LogP contribution in [0.25, 0.3) is 5.76 Å².